The number of carbonyl (C=O) groups excluding carboxylic acids is 2. The second-order valence-electron chi connectivity index (χ2n) is 4.37. The van der Waals surface area contributed by atoms with Crippen LogP contribution in [0.1, 0.15) is 25.7 Å². The number of rotatable bonds is 7. The number of allylic oxidation sites excluding steroid dienone is 3. The lowest BCUT2D eigenvalue weighted by molar-refractivity contribution is -0.147. The Bertz CT molecular complexity index is 434. The fourth-order valence-electron chi connectivity index (χ4n) is 1.84. The third-order valence-electron chi connectivity index (χ3n) is 2.93. The zero-order chi connectivity index (χ0) is 15.0. The first-order chi connectivity index (χ1) is 9.60. The lowest BCUT2D eigenvalue weighted by Crippen LogP contribution is -2.22. The van der Waals surface area contributed by atoms with Crippen molar-refractivity contribution in [1.82, 2.24) is 0 Å². The van der Waals surface area contributed by atoms with Crippen LogP contribution in [0, 0.1) is 0 Å². The van der Waals surface area contributed by atoms with Crippen molar-refractivity contribution in [3.63, 3.8) is 0 Å². The maximum absolute atomic E-state index is 11.6. The highest BCUT2D eigenvalue weighted by atomic mass is 16.6. The van der Waals surface area contributed by atoms with Gasteiger partial charge in [0.15, 0.2) is 0 Å². The van der Waals surface area contributed by atoms with Crippen molar-refractivity contribution in [2.75, 3.05) is 14.2 Å². The van der Waals surface area contributed by atoms with Crippen molar-refractivity contribution in [2.24, 2.45) is 0 Å². The van der Waals surface area contributed by atoms with Crippen LogP contribution in [0.15, 0.2) is 36.1 Å². The monoisotopic (exact) mass is 280 g/mol. The van der Waals surface area contributed by atoms with E-state index in [4.69, 9.17) is 9.47 Å². The molecule has 0 radical (unpaired) electrons. The molecular weight excluding hydrogens is 260 g/mol. The van der Waals surface area contributed by atoms with Crippen LogP contribution in [0.3, 0.4) is 0 Å². The summed E-state index contributed by atoms with van der Waals surface area (Å²) in [5.41, 5.74) is 1.17. The van der Waals surface area contributed by atoms with Crippen LogP contribution in [0.2, 0.25) is 0 Å². The van der Waals surface area contributed by atoms with Crippen molar-refractivity contribution in [2.45, 2.75) is 31.8 Å². The van der Waals surface area contributed by atoms with Crippen LogP contribution in [0.4, 0.5) is 0 Å². The Morgan fingerprint density at radius 2 is 2.00 bits per heavy atom. The fraction of sp³-hybridized carbons (Fsp3) is 0.467. The third-order valence-corrected chi connectivity index (χ3v) is 2.93. The summed E-state index contributed by atoms with van der Waals surface area (Å²) < 4.78 is 15.0. The Morgan fingerprint density at radius 1 is 1.30 bits per heavy atom. The molecule has 0 saturated carbocycles. The molecule has 110 valence electrons. The molecule has 0 bridgehead atoms. The highest BCUT2D eigenvalue weighted by molar-refractivity contribution is 5.78. The molecule has 0 aromatic heterocycles. The van der Waals surface area contributed by atoms with Gasteiger partial charge in [-0.3, -0.25) is 9.59 Å². The van der Waals surface area contributed by atoms with Crippen molar-refractivity contribution in [3.05, 3.63) is 36.1 Å². The van der Waals surface area contributed by atoms with Gasteiger partial charge in [0.25, 0.3) is 0 Å². The molecule has 5 nitrogen and oxygen atoms in total. The number of hydrogen-bond acceptors (Lipinski definition) is 5. The summed E-state index contributed by atoms with van der Waals surface area (Å²) in [4.78, 5) is 22.6. The first-order valence-electron chi connectivity index (χ1n) is 6.41. The van der Waals surface area contributed by atoms with E-state index in [1.165, 1.54) is 12.7 Å². The van der Waals surface area contributed by atoms with Gasteiger partial charge in [-0.2, -0.15) is 0 Å². The number of esters is 2. The highest BCUT2D eigenvalue weighted by Gasteiger charge is 2.22. The van der Waals surface area contributed by atoms with Crippen LogP contribution in [0.5, 0.6) is 0 Å². The summed E-state index contributed by atoms with van der Waals surface area (Å²) >= 11 is 0. The molecule has 0 heterocycles. The molecule has 1 aliphatic carbocycles. The lowest BCUT2D eigenvalue weighted by atomic mass is 9.98. The van der Waals surface area contributed by atoms with Crippen molar-refractivity contribution in [3.8, 4) is 0 Å². The minimum atomic E-state index is -0.468. The largest absolute Gasteiger partial charge is 0.469 e. The predicted molar refractivity (Wildman–Crippen MR) is 73.7 cm³/mol. The van der Waals surface area contributed by atoms with E-state index in [9.17, 15) is 9.59 Å². The molecule has 0 spiro atoms. The number of carbonyl (C=O) groups is 2. The summed E-state index contributed by atoms with van der Waals surface area (Å²) in [6.07, 6.45) is 6.61. The molecule has 0 aromatic carbocycles. The van der Waals surface area contributed by atoms with Gasteiger partial charge < -0.3 is 14.2 Å². The third kappa shape index (κ3) is 5.01. The second kappa shape index (κ2) is 8.32. The van der Waals surface area contributed by atoms with E-state index < -0.39 is 11.9 Å². The summed E-state index contributed by atoms with van der Waals surface area (Å²) in [7, 11) is 2.85. The molecule has 0 aromatic rings. The maximum atomic E-state index is 11.6. The Kier molecular flexibility index (Phi) is 6.73. The Hall–Kier alpha value is -1.88. The van der Waals surface area contributed by atoms with E-state index in [0.717, 1.165) is 6.42 Å². The van der Waals surface area contributed by atoms with Gasteiger partial charge in [0.2, 0.25) is 0 Å². The minimum absolute atomic E-state index is 0.0102. The van der Waals surface area contributed by atoms with Gasteiger partial charge in [0, 0.05) is 13.5 Å². The summed E-state index contributed by atoms with van der Waals surface area (Å²) in [6.45, 7) is 3.69. The quantitative estimate of drug-likeness (QED) is 0.529. The van der Waals surface area contributed by atoms with Crippen LogP contribution in [-0.4, -0.2) is 32.3 Å². The molecule has 20 heavy (non-hydrogen) atoms. The molecule has 1 atom stereocenters. The maximum Gasteiger partial charge on any atom is 0.311 e. The van der Waals surface area contributed by atoms with Crippen LogP contribution in [0.25, 0.3) is 0 Å². The summed E-state index contributed by atoms with van der Waals surface area (Å²) in [6, 6.07) is 0. The zero-order valence-electron chi connectivity index (χ0n) is 11.9. The Balaban J connectivity index is 2.58. The molecule has 0 aliphatic heterocycles. The molecule has 0 fully saturated rings. The van der Waals surface area contributed by atoms with E-state index in [1.54, 1.807) is 13.2 Å². The molecule has 0 amide bonds. The van der Waals surface area contributed by atoms with E-state index >= 15 is 0 Å². The van der Waals surface area contributed by atoms with Crippen molar-refractivity contribution >= 4 is 11.9 Å². The molecule has 0 N–H and O–H groups in total. The molecule has 1 aliphatic rings. The summed E-state index contributed by atoms with van der Waals surface area (Å²) in [5.74, 6) is -0.435. The predicted octanol–water partition coefficient (Wildman–Crippen LogP) is 2.29. The summed E-state index contributed by atoms with van der Waals surface area (Å²) in [5, 5.41) is 0. The van der Waals surface area contributed by atoms with Crippen LogP contribution in [-0.2, 0) is 23.8 Å². The van der Waals surface area contributed by atoms with Crippen LogP contribution >= 0.6 is 0 Å². The molecule has 1 rings (SSSR count). The van der Waals surface area contributed by atoms with Gasteiger partial charge in [0.1, 0.15) is 11.9 Å². The minimum Gasteiger partial charge on any atom is -0.469 e. The van der Waals surface area contributed by atoms with Gasteiger partial charge in [-0.05, 0) is 12.5 Å². The Labute approximate surface area is 118 Å². The van der Waals surface area contributed by atoms with Gasteiger partial charge in [-0.15, -0.1) is 6.58 Å². The molecule has 0 saturated heterocycles. The van der Waals surface area contributed by atoms with E-state index in [-0.39, 0.29) is 18.9 Å². The molecule has 1 unspecified atom stereocenters. The van der Waals surface area contributed by atoms with E-state index in [1.807, 2.05) is 12.2 Å². The number of methoxy groups -OCH3 is 2. The van der Waals surface area contributed by atoms with Crippen molar-refractivity contribution in [1.29, 1.82) is 0 Å². The average Bonchev–Trinajstić information content (AvgIpc) is 2.46. The van der Waals surface area contributed by atoms with E-state index in [0.29, 0.717) is 12.2 Å². The molecule has 5 heteroatoms. The van der Waals surface area contributed by atoms with Crippen molar-refractivity contribution < 1.29 is 23.8 Å². The normalized spacial score (nSPS) is 17.8. The lowest BCUT2D eigenvalue weighted by Gasteiger charge is -2.22. The van der Waals surface area contributed by atoms with Gasteiger partial charge in [0.05, 0.1) is 20.0 Å². The number of ether oxygens (including phenoxy) is 3. The first-order valence-corrected chi connectivity index (χ1v) is 6.41. The Morgan fingerprint density at radius 3 is 2.60 bits per heavy atom. The highest BCUT2D eigenvalue weighted by Crippen LogP contribution is 2.25. The fourth-order valence-corrected chi connectivity index (χ4v) is 1.84. The average molecular weight is 280 g/mol. The SMILES string of the molecule is C=CCC1=CC=C(OC(=O)CCC(=O)OC)C(OC)C1. The smallest absolute Gasteiger partial charge is 0.311 e. The molecular formula is C15H20O5. The first kappa shape index (κ1) is 16.2. The van der Waals surface area contributed by atoms with Crippen LogP contribution < -0.4 is 0 Å². The van der Waals surface area contributed by atoms with E-state index in [2.05, 4.69) is 11.3 Å². The number of hydrogen-bond donors (Lipinski definition) is 0. The zero-order valence-corrected chi connectivity index (χ0v) is 11.9. The topological polar surface area (TPSA) is 61.8 Å². The standard InChI is InChI=1S/C15H20O5/c1-4-5-11-6-7-12(13(10-11)18-2)20-15(17)9-8-14(16)19-3/h4,6-7,13H,1,5,8-10H2,2-3H3. The van der Waals surface area contributed by atoms with Gasteiger partial charge in [-0.25, -0.2) is 0 Å². The second-order valence-corrected chi connectivity index (χ2v) is 4.37. The van der Waals surface area contributed by atoms with Gasteiger partial charge in [-0.1, -0.05) is 17.7 Å². The van der Waals surface area contributed by atoms with Gasteiger partial charge >= 0.3 is 11.9 Å².